The molecular formula is C56H37N. The summed E-state index contributed by atoms with van der Waals surface area (Å²) in [5.41, 5.74) is 15.8. The molecule has 1 heteroatoms. The van der Waals surface area contributed by atoms with Crippen LogP contribution in [-0.4, -0.2) is 4.57 Å². The lowest BCUT2D eigenvalue weighted by Gasteiger charge is -2.19. The van der Waals surface area contributed by atoms with Gasteiger partial charge in [-0.1, -0.05) is 176 Å². The van der Waals surface area contributed by atoms with Gasteiger partial charge in [-0.05, 0) is 126 Å². The van der Waals surface area contributed by atoms with Crippen LogP contribution in [0.25, 0.3) is 105 Å². The molecule has 1 nitrogen and oxygen atoms in total. The van der Waals surface area contributed by atoms with Crippen LogP contribution in [0.4, 0.5) is 0 Å². The second-order valence-electron chi connectivity index (χ2n) is 14.9. The fourth-order valence-corrected chi connectivity index (χ4v) is 8.96. The molecule has 0 atom stereocenters. The van der Waals surface area contributed by atoms with Crippen molar-refractivity contribution >= 4 is 43.4 Å². The third-order valence-corrected chi connectivity index (χ3v) is 11.6. The summed E-state index contributed by atoms with van der Waals surface area (Å²) in [6.45, 7) is 0. The highest BCUT2D eigenvalue weighted by Crippen LogP contribution is 2.46. The summed E-state index contributed by atoms with van der Waals surface area (Å²) in [6.07, 6.45) is 0. The highest BCUT2D eigenvalue weighted by Gasteiger charge is 2.19. The van der Waals surface area contributed by atoms with Gasteiger partial charge in [0.1, 0.15) is 0 Å². The van der Waals surface area contributed by atoms with Crippen molar-refractivity contribution in [3.8, 4) is 61.3 Å². The van der Waals surface area contributed by atoms with Gasteiger partial charge in [-0.15, -0.1) is 0 Å². The Kier molecular flexibility index (Phi) is 7.89. The Bertz CT molecular complexity index is 3270. The first-order valence-electron chi connectivity index (χ1n) is 19.7. The second-order valence-corrected chi connectivity index (χ2v) is 14.9. The molecule has 10 aromatic carbocycles. The lowest BCUT2D eigenvalue weighted by molar-refractivity contribution is 1.18. The van der Waals surface area contributed by atoms with Crippen molar-refractivity contribution in [3.63, 3.8) is 0 Å². The number of nitrogens with zero attached hydrogens (tertiary/aromatic N) is 1. The molecule has 0 amide bonds. The average molecular weight is 724 g/mol. The average Bonchev–Trinajstić information content (AvgIpc) is 3.62. The molecule has 0 bridgehead atoms. The van der Waals surface area contributed by atoms with Gasteiger partial charge in [-0.2, -0.15) is 0 Å². The van der Waals surface area contributed by atoms with Crippen LogP contribution in [0.5, 0.6) is 0 Å². The summed E-state index contributed by atoms with van der Waals surface area (Å²) >= 11 is 0. The fourth-order valence-electron chi connectivity index (χ4n) is 8.96. The molecule has 0 unspecified atom stereocenters. The number of fused-ring (bicyclic) bond motifs is 5. The van der Waals surface area contributed by atoms with E-state index >= 15 is 0 Å². The first-order valence-corrected chi connectivity index (χ1v) is 19.7. The highest BCUT2D eigenvalue weighted by atomic mass is 15.0. The van der Waals surface area contributed by atoms with Gasteiger partial charge in [0.25, 0.3) is 0 Å². The summed E-state index contributed by atoms with van der Waals surface area (Å²) in [5, 5.41) is 7.48. The monoisotopic (exact) mass is 723 g/mol. The third-order valence-electron chi connectivity index (χ3n) is 11.6. The van der Waals surface area contributed by atoms with Crippen LogP contribution in [-0.2, 0) is 0 Å². The van der Waals surface area contributed by atoms with Crippen LogP contribution in [0, 0.1) is 0 Å². The highest BCUT2D eigenvalue weighted by molar-refractivity contribution is 6.22. The lowest BCUT2D eigenvalue weighted by atomic mass is 9.84. The minimum Gasteiger partial charge on any atom is -0.309 e. The first kappa shape index (κ1) is 32.9. The zero-order valence-electron chi connectivity index (χ0n) is 31.3. The molecule has 11 rings (SSSR count). The molecule has 11 aromatic rings. The van der Waals surface area contributed by atoms with Gasteiger partial charge in [-0.3, -0.25) is 0 Å². The van der Waals surface area contributed by atoms with E-state index in [4.69, 9.17) is 0 Å². The molecule has 0 fully saturated rings. The number of benzene rings is 10. The predicted molar refractivity (Wildman–Crippen MR) is 243 cm³/mol. The van der Waals surface area contributed by atoms with Crippen LogP contribution in [0.15, 0.2) is 224 Å². The van der Waals surface area contributed by atoms with E-state index in [1.54, 1.807) is 0 Å². The molecule has 266 valence electrons. The van der Waals surface area contributed by atoms with Crippen molar-refractivity contribution in [3.05, 3.63) is 224 Å². The number of hydrogen-bond donors (Lipinski definition) is 0. The van der Waals surface area contributed by atoms with E-state index in [2.05, 4.69) is 229 Å². The van der Waals surface area contributed by atoms with E-state index < -0.39 is 0 Å². The maximum Gasteiger partial charge on any atom is 0.0541 e. The van der Waals surface area contributed by atoms with E-state index in [1.165, 1.54) is 105 Å². The Morgan fingerprint density at radius 2 is 0.614 bits per heavy atom. The molecule has 0 N–H and O–H groups in total. The van der Waals surface area contributed by atoms with Crippen LogP contribution < -0.4 is 0 Å². The molecule has 0 saturated heterocycles. The molecule has 0 aliphatic rings. The minimum atomic E-state index is 1.17. The molecule has 0 spiro atoms. The van der Waals surface area contributed by atoms with Crippen molar-refractivity contribution in [2.75, 3.05) is 0 Å². The molecule has 0 aliphatic carbocycles. The Labute approximate surface area is 332 Å². The number of para-hydroxylation sites is 2. The summed E-state index contributed by atoms with van der Waals surface area (Å²) in [5.74, 6) is 0. The van der Waals surface area contributed by atoms with Gasteiger partial charge >= 0.3 is 0 Å². The van der Waals surface area contributed by atoms with E-state index in [1.807, 2.05) is 0 Å². The second kappa shape index (κ2) is 13.7. The van der Waals surface area contributed by atoms with E-state index in [0.29, 0.717) is 0 Å². The molecule has 0 radical (unpaired) electrons. The van der Waals surface area contributed by atoms with Gasteiger partial charge in [0, 0.05) is 16.5 Å². The quantitative estimate of drug-likeness (QED) is 0.151. The molecular weight excluding hydrogens is 687 g/mol. The zero-order valence-corrected chi connectivity index (χ0v) is 31.3. The smallest absolute Gasteiger partial charge is 0.0541 e. The van der Waals surface area contributed by atoms with Crippen molar-refractivity contribution in [2.24, 2.45) is 0 Å². The number of rotatable bonds is 6. The number of aromatic nitrogens is 1. The summed E-state index contributed by atoms with van der Waals surface area (Å²) < 4.78 is 2.38. The van der Waals surface area contributed by atoms with Gasteiger partial charge in [0.2, 0.25) is 0 Å². The largest absolute Gasteiger partial charge is 0.309 e. The van der Waals surface area contributed by atoms with Crippen molar-refractivity contribution < 1.29 is 0 Å². The SMILES string of the molecule is c1ccc(-c2cccc(-c3c4ccccc4c(-c4cccc(-c5ccccc5)c4)c4cc(-c5ccc6c(c5)c5ccccc5n6-c5ccccc5)ccc34)c2)cc1. The Balaban J connectivity index is 1.18. The Morgan fingerprint density at radius 1 is 0.211 bits per heavy atom. The van der Waals surface area contributed by atoms with Crippen LogP contribution >= 0.6 is 0 Å². The van der Waals surface area contributed by atoms with E-state index in [-0.39, 0.29) is 0 Å². The lowest BCUT2D eigenvalue weighted by Crippen LogP contribution is -1.93. The predicted octanol–water partition coefficient (Wildman–Crippen LogP) is 15.4. The van der Waals surface area contributed by atoms with Gasteiger partial charge < -0.3 is 4.57 Å². The molecule has 1 heterocycles. The Hall–Kier alpha value is -7.48. The summed E-state index contributed by atoms with van der Waals surface area (Å²) in [7, 11) is 0. The first-order chi connectivity index (χ1) is 28.3. The number of hydrogen-bond acceptors (Lipinski definition) is 0. The molecule has 0 saturated carbocycles. The summed E-state index contributed by atoms with van der Waals surface area (Å²) in [4.78, 5) is 0. The Morgan fingerprint density at radius 3 is 1.23 bits per heavy atom. The topological polar surface area (TPSA) is 4.93 Å². The van der Waals surface area contributed by atoms with E-state index in [9.17, 15) is 0 Å². The maximum atomic E-state index is 2.44. The van der Waals surface area contributed by atoms with Gasteiger partial charge in [-0.25, -0.2) is 0 Å². The molecule has 0 aliphatic heterocycles. The van der Waals surface area contributed by atoms with Crippen LogP contribution in [0.2, 0.25) is 0 Å². The van der Waals surface area contributed by atoms with E-state index in [0.717, 1.165) is 0 Å². The zero-order chi connectivity index (χ0) is 37.7. The molecule has 1 aromatic heterocycles. The molecule has 57 heavy (non-hydrogen) atoms. The standard InChI is InChI=1S/C56H37N/c1-4-16-38(17-5-1)40-20-14-22-44(34-40)55-48-27-10-11-28-49(48)56(45-23-15-21-41(35-45)39-18-6-2-7-19-39)52-37-42(30-32-50(52)55)43-31-33-54-51(36-43)47-26-12-13-29-53(47)57(54)46-24-8-3-9-25-46/h1-37H. The van der Waals surface area contributed by atoms with Gasteiger partial charge in [0.05, 0.1) is 11.0 Å². The van der Waals surface area contributed by atoms with Crippen LogP contribution in [0.3, 0.4) is 0 Å². The maximum absolute atomic E-state index is 2.44. The van der Waals surface area contributed by atoms with Crippen molar-refractivity contribution in [1.29, 1.82) is 0 Å². The van der Waals surface area contributed by atoms with Gasteiger partial charge in [0.15, 0.2) is 0 Å². The van der Waals surface area contributed by atoms with Crippen LogP contribution in [0.1, 0.15) is 0 Å². The van der Waals surface area contributed by atoms with Crippen molar-refractivity contribution in [2.45, 2.75) is 0 Å². The normalized spacial score (nSPS) is 11.5. The summed E-state index contributed by atoms with van der Waals surface area (Å²) in [6, 6.07) is 82.0. The fraction of sp³-hybridized carbons (Fsp3) is 0. The van der Waals surface area contributed by atoms with Crippen molar-refractivity contribution in [1.82, 2.24) is 4.57 Å². The minimum absolute atomic E-state index is 1.17. The third kappa shape index (κ3) is 5.63.